The van der Waals surface area contributed by atoms with Crippen LogP contribution in [0.4, 0.5) is 13.2 Å². The third kappa shape index (κ3) is 2.55. The summed E-state index contributed by atoms with van der Waals surface area (Å²) in [7, 11) is -5.78. The largest absolute Gasteiger partial charge is 0.534 e. The van der Waals surface area contributed by atoms with Crippen molar-refractivity contribution >= 4 is 42.4 Å². The fourth-order valence-corrected chi connectivity index (χ4v) is 3.54. The van der Waals surface area contributed by atoms with E-state index in [9.17, 15) is 21.6 Å². The molecule has 26 heavy (non-hydrogen) atoms. The molecule has 0 saturated heterocycles. The SMILES string of the molecule is O=S(=O)(O[13c]1[13cH]c2ccccc2c2ccc3ccccc3c21)C(F)(F)F. The van der Waals surface area contributed by atoms with Gasteiger partial charge in [0.25, 0.3) is 0 Å². The van der Waals surface area contributed by atoms with Crippen molar-refractivity contribution in [1.29, 1.82) is 0 Å². The maximum absolute atomic E-state index is 12.8. The highest BCUT2D eigenvalue weighted by molar-refractivity contribution is 7.88. The average molecular weight is 378 g/mol. The normalized spacial score (nSPS) is 12.7. The molecule has 0 aliphatic carbocycles. The van der Waals surface area contributed by atoms with Crippen molar-refractivity contribution in [2.24, 2.45) is 0 Å². The van der Waals surface area contributed by atoms with Crippen molar-refractivity contribution < 1.29 is 25.8 Å². The van der Waals surface area contributed by atoms with Crippen molar-refractivity contribution in [2.75, 3.05) is 0 Å². The first kappa shape index (κ1) is 16.7. The van der Waals surface area contributed by atoms with Gasteiger partial charge in [-0.2, -0.15) is 21.6 Å². The molecule has 0 fully saturated rings. The molecule has 7 heteroatoms. The van der Waals surface area contributed by atoms with E-state index in [-0.39, 0.29) is 5.75 Å². The molecule has 0 spiro atoms. The van der Waals surface area contributed by atoms with Gasteiger partial charge in [-0.05, 0) is 33.0 Å². The minimum absolute atomic E-state index is 0.328. The smallest absolute Gasteiger partial charge is 0.375 e. The molecule has 0 amide bonds. The predicted molar refractivity (Wildman–Crippen MR) is 94.6 cm³/mol. The van der Waals surface area contributed by atoms with E-state index >= 15 is 0 Å². The van der Waals surface area contributed by atoms with Gasteiger partial charge in [-0.1, -0.05) is 60.7 Å². The van der Waals surface area contributed by atoms with E-state index < -0.39 is 15.6 Å². The van der Waals surface area contributed by atoms with Crippen molar-refractivity contribution in [2.45, 2.75) is 5.51 Å². The lowest BCUT2D eigenvalue weighted by Crippen LogP contribution is -2.28. The highest BCUT2D eigenvalue weighted by Gasteiger charge is 2.48. The molecular formula is C19H11F3O3S. The van der Waals surface area contributed by atoms with E-state index in [1.54, 1.807) is 42.5 Å². The number of halogens is 3. The number of alkyl halides is 3. The summed E-state index contributed by atoms with van der Waals surface area (Å²) >= 11 is 0. The lowest BCUT2D eigenvalue weighted by Gasteiger charge is -2.15. The predicted octanol–water partition coefficient (Wildman–Crippen LogP) is 5.37. The average Bonchev–Trinajstić information content (AvgIpc) is 2.60. The topological polar surface area (TPSA) is 43.4 Å². The maximum Gasteiger partial charge on any atom is 0.534 e. The Morgan fingerprint density at radius 1 is 0.731 bits per heavy atom. The standard InChI is InChI=1S/C19H11F3O3S/c20-19(21,22)26(23,24)25-17-11-13-6-2-3-7-14(13)16-10-9-12-5-1-4-8-15(12)18(16)17/h1-11H/i11+1,17+1. The summed E-state index contributed by atoms with van der Waals surface area (Å²) in [6.45, 7) is 0. The van der Waals surface area contributed by atoms with Crippen LogP contribution in [0.1, 0.15) is 0 Å². The van der Waals surface area contributed by atoms with Crippen molar-refractivity contribution in [3.8, 4) is 5.75 Å². The fraction of sp³-hybridized carbons (Fsp3) is 0.0526. The first-order valence-corrected chi connectivity index (χ1v) is 9.03. The van der Waals surface area contributed by atoms with Gasteiger partial charge in [0.1, 0.15) is 0 Å². The molecule has 0 unspecified atom stereocenters. The second-order valence-corrected chi connectivity index (χ2v) is 7.33. The van der Waals surface area contributed by atoms with Gasteiger partial charge >= 0.3 is 15.6 Å². The third-order valence-corrected chi connectivity index (χ3v) is 5.16. The molecule has 0 atom stereocenters. The Kier molecular flexibility index (Phi) is 3.59. The van der Waals surface area contributed by atoms with Gasteiger partial charge in [0.05, 0.1) is 0 Å². The lowest BCUT2D eigenvalue weighted by atomic mass is 10.0. The maximum atomic E-state index is 12.8. The summed E-state index contributed by atoms with van der Waals surface area (Å²) in [6, 6.07) is 19.0. The molecule has 0 N–H and O–H groups in total. The zero-order valence-electron chi connectivity index (χ0n) is 13.1. The van der Waals surface area contributed by atoms with Crippen LogP contribution in [0.15, 0.2) is 66.7 Å². The Labute approximate surface area is 146 Å². The van der Waals surface area contributed by atoms with Crippen molar-refractivity contribution in [3.05, 3.63) is 66.7 Å². The molecule has 0 aliphatic rings. The van der Waals surface area contributed by atoms with Gasteiger partial charge < -0.3 is 4.18 Å². The molecule has 132 valence electrons. The Morgan fingerprint density at radius 2 is 1.35 bits per heavy atom. The fourth-order valence-electron chi connectivity index (χ4n) is 3.07. The first-order chi connectivity index (χ1) is 12.3. The zero-order chi connectivity index (χ0) is 18.5. The van der Waals surface area contributed by atoms with E-state index in [1.807, 2.05) is 18.2 Å². The molecule has 0 heterocycles. The van der Waals surface area contributed by atoms with Crippen LogP contribution in [0.3, 0.4) is 0 Å². The number of hydrogen-bond donors (Lipinski definition) is 0. The number of fused-ring (bicyclic) bond motifs is 5. The van der Waals surface area contributed by atoms with E-state index in [0.717, 1.165) is 10.8 Å². The van der Waals surface area contributed by atoms with Gasteiger partial charge in [0.2, 0.25) is 0 Å². The lowest BCUT2D eigenvalue weighted by molar-refractivity contribution is -0.0499. The van der Waals surface area contributed by atoms with Gasteiger partial charge in [-0.25, -0.2) is 0 Å². The first-order valence-electron chi connectivity index (χ1n) is 7.62. The molecule has 0 saturated carbocycles. The number of benzene rings is 4. The van der Waals surface area contributed by atoms with Crippen LogP contribution < -0.4 is 4.18 Å². The second-order valence-electron chi connectivity index (χ2n) is 5.79. The Balaban J connectivity index is 2.14. The summed E-state index contributed by atoms with van der Waals surface area (Å²) < 4.78 is 66.2. The molecule has 0 aliphatic heterocycles. The Bertz CT molecular complexity index is 1260. The van der Waals surface area contributed by atoms with Crippen LogP contribution in [0, 0.1) is 0 Å². The third-order valence-electron chi connectivity index (χ3n) is 4.20. The van der Waals surface area contributed by atoms with E-state index in [1.165, 1.54) is 6.07 Å². The summed E-state index contributed by atoms with van der Waals surface area (Å²) in [5.41, 5.74) is -5.50. The van der Waals surface area contributed by atoms with Gasteiger partial charge in [-0.3, -0.25) is 0 Å². The highest BCUT2D eigenvalue weighted by Crippen LogP contribution is 2.40. The molecule has 4 aromatic carbocycles. The summed E-state index contributed by atoms with van der Waals surface area (Å²) in [5.74, 6) is -0.340. The second kappa shape index (κ2) is 5.60. The highest BCUT2D eigenvalue weighted by atomic mass is 32.2. The molecule has 0 radical (unpaired) electrons. The molecule has 3 nitrogen and oxygen atoms in total. The summed E-state index contributed by atoms with van der Waals surface area (Å²) in [5, 5.41) is 3.71. The molecule has 4 rings (SSSR count). The van der Waals surface area contributed by atoms with Gasteiger partial charge in [-0.15, -0.1) is 0 Å². The van der Waals surface area contributed by atoms with Crippen LogP contribution in [0.2, 0.25) is 0 Å². The molecular weight excluding hydrogens is 367 g/mol. The summed E-state index contributed by atoms with van der Waals surface area (Å²) in [4.78, 5) is 0. The summed E-state index contributed by atoms with van der Waals surface area (Å²) in [6.07, 6.45) is 0. The number of hydrogen-bond acceptors (Lipinski definition) is 3. The van der Waals surface area contributed by atoms with Crippen LogP contribution in [-0.4, -0.2) is 13.9 Å². The molecule has 4 aromatic rings. The van der Waals surface area contributed by atoms with E-state index in [2.05, 4.69) is 4.18 Å². The van der Waals surface area contributed by atoms with Gasteiger partial charge in [0.15, 0.2) is 5.75 Å². The van der Waals surface area contributed by atoms with Crippen molar-refractivity contribution in [1.82, 2.24) is 0 Å². The Morgan fingerprint density at radius 3 is 2.04 bits per heavy atom. The number of rotatable bonds is 2. The minimum atomic E-state index is -5.78. The van der Waals surface area contributed by atoms with Crippen LogP contribution in [-0.2, 0) is 10.1 Å². The van der Waals surface area contributed by atoms with Crippen molar-refractivity contribution in [3.63, 3.8) is 0 Å². The Hall–Kier alpha value is -2.80. The van der Waals surface area contributed by atoms with E-state index in [0.29, 0.717) is 21.5 Å². The van der Waals surface area contributed by atoms with Gasteiger partial charge in [0, 0.05) is 5.39 Å². The van der Waals surface area contributed by atoms with Crippen LogP contribution in [0.5, 0.6) is 5.75 Å². The van der Waals surface area contributed by atoms with Crippen LogP contribution in [0.25, 0.3) is 32.3 Å². The quantitative estimate of drug-likeness (QED) is 0.267. The monoisotopic (exact) mass is 378 g/mol. The van der Waals surface area contributed by atoms with Crippen LogP contribution >= 0.6 is 0 Å². The van der Waals surface area contributed by atoms with E-state index in [4.69, 9.17) is 0 Å². The zero-order valence-corrected chi connectivity index (χ0v) is 13.9. The molecule has 0 bridgehead atoms. The molecule has 0 aromatic heterocycles. The minimum Gasteiger partial charge on any atom is -0.375 e.